The average molecular weight is 332 g/mol. The Bertz CT molecular complexity index is 349. The number of hydrogen-bond donors (Lipinski definition) is 6. The fourth-order valence-electron chi connectivity index (χ4n) is 0.678. The van der Waals surface area contributed by atoms with E-state index in [4.69, 9.17) is 31.9 Å². The first kappa shape index (κ1) is 23.4. The molecule has 2 unspecified atom stereocenters. The zero-order chi connectivity index (χ0) is 15.6. The zero-order valence-corrected chi connectivity index (χ0v) is 11.5. The van der Waals surface area contributed by atoms with Gasteiger partial charge in [0.15, 0.2) is 0 Å². The second kappa shape index (κ2) is 12.4. The van der Waals surface area contributed by atoms with Crippen molar-refractivity contribution in [3.05, 3.63) is 0 Å². The molecule has 10 nitrogen and oxygen atoms in total. The van der Waals surface area contributed by atoms with E-state index in [1.165, 1.54) is 0 Å². The minimum Gasteiger partial charge on any atom is -0.481 e. The second-order valence-electron chi connectivity index (χ2n) is 3.42. The fourth-order valence-corrected chi connectivity index (χ4v) is 0.678. The van der Waals surface area contributed by atoms with E-state index in [-0.39, 0.29) is 30.2 Å². The van der Waals surface area contributed by atoms with Crippen molar-refractivity contribution in [1.29, 1.82) is 0 Å². The van der Waals surface area contributed by atoms with Gasteiger partial charge in [-0.3, -0.25) is 19.2 Å². The standard InChI is InChI=1S/C5H9NO4.C4H7NO4.Cr/c6-3(5(9)10)1-2-4(7)8;5-2(4(8)9)1-3(6)7;/h3H,1-2,6H2,(H,7,8)(H,9,10);2H,1,5H2,(H,6,7)(H,8,9);. The molecule has 0 spiro atoms. The summed E-state index contributed by atoms with van der Waals surface area (Å²) in [4.78, 5) is 39.5. The van der Waals surface area contributed by atoms with Gasteiger partial charge in [0.25, 0.3) is 0 Å². The van der Waals surface area contributed by atoms with Gasteiger partial charge in [0.2, 0.25) is 0 Å². The third kappa shape index (κ3) is 16.3. The van der Waals surface area contributed by atoms with Gasteiger partial charge in [-0.25, -0.2) is 0 Å². The Kier molecular flexibility index (Phi) is 14.5. The second-order valence-corrected chi connectivity index (χ2v) is 3.42. The van der Waals surface area contributed by atoms with Gasteiger partial charge in [0, 0.05) is 23.8 Å². The van der Waals surface area contributed by atoms with E-state index in [9.17, 15) is 19.2 Å². The maximum Gasteiger partial charge on any atom is 0.321 e. The monoisotopic (exact) mass is 332 g/mol. The molecule has 0 rings (SSSR count). The van der Waals surface area contributed by atoms with E-state index in [0.717, 1.165) is 0 Å². The van der Waals surface area contributed by atoms with Crippen LogP contribution < -0.4 is 11.5 Å². The van der Waals surface area contributed by atoms with Crippen molar-refractivity contribution in [3.63, 3.8) is 0 Å². The maximum absolute atomic E-state index is 9.99. The Labute approximate surface area is 124 Å². The molecule has 0 radical (unpaired) electrons. The van der Waals surface area contributed by atoms with Crippen LogP contribution in [0.3, 0.4) is 0 Å². The van der Waals surface area contributed by atoms with Crippen LogP contribution in [0.1, 0.15) is 19.3 Å². The number of aliphatic carboxylic acids is 4. The first-order valence-electron chi connectivity index (χ1n) is 4.98. The van der Waals surface area contributed by atoms with Crippen LogP contribution in [0, 0.1) is 0 Å². The Morgan fingerprint density at radius 1 is 0.800 bits per heavy atom. The number of hydrogen-bond acceptors (Lipinski definition) is 6. The number of nitrogens with two attached hydrogens (primary N) is 2. The zero-order valence-electron chi connectivity index (χ0n) is 10.3. The molecule has 0 aromatic carbocycles. The third-order valence-corrected chi connectivity index (χ3v) is 1.70. The number of rotatable bonds is 7. The first-order valence-corrected chi connectivity index (χ1v) is 4.98. The van der Waals surface area contributed by atoms with Gasteiger partial charge in [-0.2, -0.15) is 0 Å². The predicted molar refractivity (Wildman–Crippen MR) is 60.3 cm³/mol. The molecule has 0 bridgehead atoms. The molecule has 0 aromatic rings. The first-order chi connectivity index (χ1) is 8.57. The van der Waals surface area contributed by atoms with E-state index in [0.29, 0.717) is 0 Å². The smallest absolute Gasteiger partial charge is 0.321 e. The van der Waals surface area contributed by atoms with E-state index < -0.39 is 42.4 Å². The quantitative estimate of drug-likeness (QED) is 0.306. The fraction of sp³-hybridized carbons (Fsp3) is 0.556. The summed E-state index contributed by atoms with van der Waals surface area (Å²) in [5.74, 6) is -4.69. The summed E-state index contributed by atoms with van der Waals surface area (Å²) in [5.41, 5.74) is 9.84. The molecule has 0 aromatic heterocycles. The van der Waals surface area contributed by atoms with Crippen molar-refractivity contribution < 1.29 is 57.0 Å². The normalized spacial score (nSPS) is 11.9. The summed E-state index contributed by atoms with van der Waals surface area (Å²) in [6.07, 6.45) is -0.756. The van der Waals surface area contributed by atoms with Gasteiger partial charge in [0.05, 0.1) is 6.42 Å². The van der Waals surface area contributed by atoms with Crippen LogP contribution in [-0.4, -0.2) is 56.4 Å². The molecule has 0 aliphatic rings. The molecule has 0 saturated heterocycles. The van der Waals surface area contributed by atoms with Gasteiger partial charge in [0.1, 0.15) is 12.1 Å². The Morgan fingerprint density at radius 2 is 1.20 bits per heavy atom. The van der Waals surface area contributed by atoms with Crippen LogP contribution in [0.5, 0.6) is 0 Å². The molecule has 0 amide bonds. The molecule has 2 atom stereocenters. The van der Waals surface area contributed by atoms with Crippen molar-refractivity contribution in [2.24, 2.45) is 11.5 Å². The predicted octanol–water partition coefficient (Wildman–Crippen LogP) is -1.87. The molecular weight excluding hydrogens is 316 g/mol. The largest absolute Gasteiger partial charge is 0.481 e. The molecule has 0 aliphatic heterocycles. The van der Waals surface area contributed by atoms with E-state index in [1.807, 2.05) is 0 Å². The van der Waals surface area contributed by atoms with Gasteiger partial charge < -0.3 is 31.9 Å². The van der Waals surface area contributed by atoms with E-state index >= 15 is 0 Å². The molecule has 0 aliphatic carbocycles. The van der Waals surface area contributed by atoms with E-state index in [2.05, 4.69) is 0 Å². The number of carboxylic acids is 4. The van der Waals surface area contributed by atoms with Crippen molar-refractivity contribution in [1.82, 2.24) is 0 Å². The van der Waals surface area contributed by atoms with Crippen LogP contribution in [0.15, 0.2) is 0 Å². The average Bonchev–Trinajstić information content (AvgIpc) is 2.25. The summed E-state index contributed by atoms with van der Waals surface area (Å²) in [6, 6.07) is -2.35. The van der Waals surface area contributed by atoms with Gasteiger partial charge in [-0.05, 0) is 6.42 Å². The van der Waals surface area contributed by atoms with Crippen molar-refractivity contribution >= 4 is 23.9 Å². The topological polar surface area (TPSA) is 201 Å². The third-order valence-electron chi connectivity index (χ3n) is 1.70. The summed E-state index contributed by atoms with van der Waals surface area (Å²) in [5, 5.41) is 32.3. The van der Waals surface area contributed by atoms with Crippen molar-refractivity contribution in [3.8, 4) is 0 Å². The van der Waals surface area contributed by atoms with Gasteiger partial charge in [-0.1, -0.05) is 0 Å². The van der Waals surface area contributed by atoms with Crippen LogP contribution in [0.4, 0.5) is 0 Å². The van der Waals surface area contributed by atoms with Crippen LogP contribution >= 0.6 is 0 Å². The molecule has 8 N–H and O–H groups in total. The van der Waals surface area contributed by atoms with Gasteiger partial charge >= 0.3 is 23.9 Å². The van der Waals surface area contributed by atoms with Crippen LogP contribution in [0.2, 0.25) is 0 Å². The SMILES string of the molecule is NC(CC(=O)O)C(=O)O.NC(CCC(=O)O)C(=O)O.[Cr]. The van der Waals surface area contributed by atoms with E-state index in [1.54, 1.807) is 0 Å². The van der Waals surface area contributed by atoms with Crippen molar-refractivity contribution in [2.75, 3.05) is 0 Å². The van der Waals surface area contributed by atoms with Crippen molar-refractivity contribution in [2.45, 2.75) is 31.3 Å². The van der Waals surface area contributed by atoms with Crippen LogP contribution in [0.25, 0.3) is 0 Å². The minimum absolute atomic E-state index is 0. The maximum atomic E-state index is 9.99. The number of carbonyl (C=O) groups is 4. The molecule has 0 heterocycles. The Morgan fingerprint density at radius 3 is 1.40 bits per heavy atom. The molecule has 0 saturated carbocycles. The Hall–Kier alpha value is -1.67. The molecule has 0 fully saturated rings. The van der Waals surface area contributed by atoms with Gasteiger partial charge in [-0.15, -0.1) is 0 Å². The summed E-state index contributed by atoms with van der Waals surface area (Å²) < 4.78 is 0. The molecule has 116 valence electrons. The van der Waals surface area contributed by atoms with Crippen LogP contribution in [-0.2, 0) is 36.5 Å². The summed E-state index contributed by atoms with van der Waals surface area (Å²) >= 11 is 0. The number of carboxylic acid groups (broad SMARTS) is 4. The summed E-state index contributed by atoms with van der Waals surface area (Å²) in [7, 11) is 0. The minimum atomic E-state index is -1.29. The Balaban J connectivity index is -0.000000277. The molecule has 20 heavy (non-hydrogen) atoms. The molecular formula is C9H16CrN2O8. The summed E-state index contributed by atoms with van der Waals surface area (Å²) in [6.45, 7) is 0. The molecule has 11 heteroatoms.